The first-order valence-electron chi connectivity index (χ1n) is 6.84. The molecular weight excluding hydrogens is 286 g/mol. The highest BCUT2D eigenvalue weighted by molar-refractivity contribution is 7.86. The van der Waals surface area contributed by atoms with E-state index in [9.17, 15) is 8.42 Å². The molecule has 5 nitrogen and oxygen atoms in total. The van der Waals surface area contributed by atoms with Gasteiger partial charge in [-0.3, -0.25) is 0 Å². The van der Waals surface area contributed by atoms with Crippen LogP contribution >= 0.6 is 0 Å². The molecule has 6 heteroatoms. The maximum absolute atomic E-state index is 12.6. The lowest BCUT2D eigenvalue weighted by Gasteiger charge is -2.27. The Morgan fingerprint density at radius 2 is 1.95 bits per heavy atom. The molecule has 21 heavy (non-hydrogen) atoms. The molecule has 0 atom stereocenters. The fourth-order valence-corrected chi connectivity index (χ4v) is 3.63. The molecule has 0 amide bonds. The Bertz CT molecular complexity index is 616. The van der Waals surface area contributed by atoms with Crippen molar-refractivity contribution in [2.45, 2.75) is 20.4 Å². The van der Waals surface area contributed by atoms with E-state index in [-0.39, 0.29) is 13.1 Å². The summed E-state index contributed by atoms with van der Waals surface area (Å²) < 4.78 is 27.9. The molecule has 0 saturated heterocycles. The summed E-state index contributed by atoms with van der Waals surface area (Å²) in [6, 6.07) is 9.02. The summed E-state index contributed by atoms with van der Waals surface area (Å²) in [7, 11) is -3.53. The van der Waals surface area contributed by atoms with Crippen molar-refractivity contribution in [3.8, 4) is 6.07 Å². The first kappa shape index (κ1) is 17.4. The topological polar surface area (TPSA) is 64.4 Å². The third kappa shape index (κ3) is 4.39. The summed E-state index contributed by atoms with van der Waals surface area (Å²) in [6.45, 7) is 8.54. The van der Waals surface area contributed by atoms with E-state index >= 15 is 0 Å². The van der Waals surface area contributed by atoms with Crippen LogP contribution in [0.4, 0.5) is 0 Å². The van der Waals surface area contributed by atoms with Gasteiger partial charge in [0.25, 0.3) is 10.2 Å². The van der Waals surface area contributed by atoms with Gasteiger partial charge in [0.2, 0.25) is 0 Å². The Balaban J connectivity index is 3.07. The maximum atomic E-state index is 12.6. The first-order chi connectivity index (χ1) is 9.99. The average molecular weight is 307 g/mol. The van der Waals surface area contributed by atoms with Gasteiger partial charge in [-0.05, 0) is 17.7 Å². The normalized spacial score (nSPS) is 11.6. The van der Waals surface area contributed by atoms with E-state index in [1.165, 1.54) is 8.61 Å². The summed E-state index contributed by atoms with van der Waals surface area (Å²) >= 11 is 0. The van der Waals surface area contributed by atoms with Crippen LogP contribution in [0, 0.1) is 11.3 Å². The highest BCUT2D eigenvalue weighted by Gasteiger charge is 2.26. The molecule has 0 aliphatic rings. The van der Waals surface area contributed by atoms with Gasteiger partial charge in [-0.1, -0.05) is 32.1 Å². The smallest absolute Gasteiger partial charge is 0.195 e. The SMILES string of the molecule is C=CCN(Cc1cccc(C#N)c1)S(=O)(=O)N(CC)CC. The van der Waals surface area contributed by atoms with Crippen LogP contribution in [-0.2, 0) is 16.8 Å². The Hall–Kier alpha value is -1.68. The van der Waals surface area contributed by atoms with E-state index in [0.717, 1.165) is 5.56 Å². The second-order valence-corrected chi connectivity index (χ2v) is 6.41. The zero-order chi connectivity index (χ0) is 15.9. The highest BCUT2D eigenvalue weighted by Crippen LogP contribution is 2.14. The van der Waals surface area contributed by atoms with Crippen molar-refractivity contribution in [3.63, 3.8) is 0 Å². The standard InChI is InChI=1S/C15H21N3O2S/c1-4-10-18(21(19,20)17(5-2)6-3)13-15-9-7-8-14(11-15)12-16/h4,7-9,11H,1,5-6,10,13H2,2-3H3. The van der Waals surface area contributed by atoms with Crippen molar-refractivity contribution in [1.82, 2.24) is 8.61 Å². The monoisotopic (exact) mass is 307 g/mol. The Kier molecular flexibility index (Phi) is 6.56. The van der Waals surface area contributed by atoms with Gasteiger partial charge in [-0.2, -0.15) is 22.3 Å². The fourth-order valence-electron chi connectivity index (χ4n) is 2.04. The largest absolute Gasteiger partial charge is 0.282 e. The number of hydrogen-bond acceptors (Lipinski definition) is 3. The second-order valence-electron chi connectivity index (χ2n) is 4.49. The Labute approximate surface area is 127 Å². The van der Waals surface area contributed by atoms with E-state index < -0.39 is 10.2 Å². The number of rotatable bonds is 8. The van der Waals surface area contributed by atoms with E-state index in [1.54, 1.807) is 24.3 Å². The van der Waals surface area contributed by atoms with Gasteiger partial charge in [0.1, 0.15) is 0 Å². The summed E-state index contributed by atoms with van der Waals surface area (Å²) in [6.07, 6.45) is 1.56. The summed E-state index contributed by atoms with van der Waals surface area (Å²) in [5.41, 5.74) is 1.30. The molecule has 114 valence electrons. The third-order valence-electron chi connectivity index (χ3n) is 3.11. The van der Waals surface area contributed by atoms with Crippen molar-refractivity contribution in [3.05, 3.63) is 48.0 Å². The van der Waals surface area contributed by atoms with Gasteiger partial charge in [-0.15, -0.1) is 6.58 Å². The third-order valence-corrected chi connectivity index (χ3v) is 5.21. The van der Waals surface area contributed by atoms with Gasteiger partial charge in [0.15, 0.2) is 0 Å². The molecule has 0 aliphatic carbocycles. The molecule has 0 spiro atoms. The van der Waals surface area contributed by atoms with Crippen molar-refractivity contribution >= 4 is 10.2 Å². The number of nitriles is 1. The van der Waals surface area contributed by atoms with Crippen LogP contribution in [0.5, 0.6) is 0 Å². The molecular formula is C15H21N3O2S. The number of hydrogen-bond donors (Lipinski definition) is 0. The first-order valence-corrected chi connectivity index (χ1v) is 8.24. The van der Waals surface area contributed by atoms with Crippen LogP contribution in [0.1, 0.15) is 25.0 Å². The molecule has 0 radical (unpaired) electrons. The molecule has 0 unspecified atom stereocenters. The quantitative estimate of drug-likeness (QED) is 0.691. The van der Waals surface area contributed by atoms with Crippen molar-refractivity contribution in [2.24, 2.45) is 0 Å². The fraction of sp³-hybridized carbons (Fsp3) is 0.400. The highest BCUT2D eigenvalue weighted by atomic mass is 32.2. The van der Waals surface area contributed by atoms with E-state index in [0.29, 0.717) is 18.7 Å². The minimum atomic E-state index is -3.53. The summed E-state index contributed by atoms with van der Waals surface area (Å²) in [5, 5.41) is 8.92. The minimum absolute atomic E-state index is 0.223. The van der Waals surface area contributed by atoms with E-state index in [2.05, 4.69) is 12.6 Å². The summed E-state index contributed by atoms with van der Waals surface area (Å²) in [4.78, 5) is 0. The lowest BCUT2D eigenvalue weighted by Crippen LogP contribution is -2.43. The number of benzene rings is 1. The average Bonchev–Trinajstić information content (AvgIpc) is 2.48. The van der Waals surface area contributed by atoms with Crippen LogP contribution in [0.25, 0.3) is 0 Å². The van der Waals surface area contributed by atoms with E-state index in [1.807, 2.05) is 19.9 Å². The molecule has 0 aromatic heterocycles. The number of nitrogens with zero attached hydrogens (tertiary/aromatic N) is 3. The van der Waals surface area contributed by atoms with Crippen molar-refractivity contribution in [2.75, 3.05) is 19.6 Å². The molecule has 0 heterocycles. The molecule has 1 aromatic rings. The minimum Gasteiger partial charge on any atom is -0.195 e. The molecule has 0 fully saturated rings. The van der Waals surface area contributed by atoms with Gasteiger partial charge in [-0.25, -0.2) is 0 Å². The van der Waals surface area contributed by atoms with Crippen molar-refractivity contribution < 1.29 is 8.42 Å². The molecule has 1 rings (SSSR count). The predicted octanol–water partition coefficient (Wildman–Crippen LogP) is 2.13. The van der Waals surface area contributed by atoms with E-state index in [4.69, 9.17) is 5.26 Å². The molecule has 0 aliphatic heterocycles. The van der Waals surface area contributed by atoms with Crippen LogP contribution in [0.3, 0.4) is 0 Å². The molecule has 0 saturated carbocycles. The van der Waals surface area contributed by atoms with Gasteiger partial charge in [0, 0.05) is 26.2 Å². The second kappa shape index (κ2) is 7.93. The van der Waals surface area contributed by atoms with Crippen LogP contribution in [0.2, 0.25) is 0 Å². The predicted molar refractivity (Wildman–Crippen MR) is 83.6 cm³/mol. The Morgan fingerprint density at radius 1 is 1.29 bits per heavy atom. The zero-order valence-corrected chi connectivity index (χ0v) is 13.3. The molecule has 1 aromatic carbocycles. The van der Waals surface area contributed by atoms with Crippen molar-refractivity contribution in [1.29, 1.82) is 5.26 Å². The molecule has 0 N–H and O–H groups in total. The van der Waals surface area contributed by atoms with Gasteiger partial charge in [0.05, 0.1) is 11.6 Å². The Morgan fingerprint density at radius 3 is 2.48 bits per heavy atom. The maximum Gasteiger partial charge on any atom is 0.282 e. The van der Waals surface area contributed by atoms with Gasteiger partial charge >= 0.3 is 0 Å². The lowest BCUT2D eigenvalue weighted by molar-refractivity contribution is 0.360. The lowest BCUT2D eigenvalue weighted by atomic mass is 10.1. The molecule has 0 bridgehead atoms. The van der Waals surface area contributed by atoms with Gasteiger partial charge < -0.3 is 0 Å². The summed E-state index contributed by atoms with van der Waals surface area (Å²) in [5.74, 6) is 0. The van der Waals surface area contributed by atoms with Crippen LogP contribution in [0.15, 0.2) is 36.9 Å². The van der Waals surface area contributed by atoms with Crippen LogP contribution < -0.4 is 0 Å². The zero-order valence-electron chi connectivity index (χ0n) is 12.5. The van der Waals surface area contributed by atoms with Crippen LogP contribution in [-0.4, -0.2) is 36.7 Å².